The molecule has 0 saturated carbocycles. The lowest BCUT2D eigenvalue weighted by Gasteiger charge is -2.07. The number of furan rings is 1. The fourth-order valence-corrected chi connectivity index (χ4v) is 1.60. The fourth-order valence-electron chi connectivity index (χ4n) is 1.44. The zero-order chi connectivity index (χ0) is 9.97. The van der Waals surface area contributed by atoms with Crippen molar-refractivity contribution < 1.29 is 9.21 Å². The van der Waals surface area contributed by atoms with Gasteiger partial charge in [-0.3, -0.25) is 4.79 Å². The highest BCUT2D eigenvalue weighted by atomic mass is 35.5. The molecule has 2 heterocycles. The zero-order valence-electron chi connectivity index (χ0n) is 7.55. The van der Waals surface area contributed by atoms with E-state index in [1.165, 1.54) is 0 Å². The summed E-state index contributed by atoms with van der Waals surface area (Å²) in [6.07, 6.45) is 0.536. The van der Waals surface area contributed by atoms with Crippen LogP contribution in [0.15, 0.2) is 16.5 Å². The second-order valence-electron chi connectivity index (χ2n) is 3.29. The molecule has 5 heteroatoms. The first-order valence-corrected chi connectivity index (χ1v) is 4.86. The molecule has 76 valence electrons. The largest absolute Gasteiger partial charge is 0.448 e. The Morgan fingerprint density at radius 1 is 1.64 bits per heavy atom. The predicted molar refractivity (Wildman–Crippen MR) is 52.0 cm³/mol. The Kier molecular flexibility index (Phi) is 2.74. The lowest BCUT2D eigenvalue weighted by molar-refractivity contribution is -0.119. The molecule has 14 heavy (non-hydrogen) atoms. The van der Waals surface area contributed by atoms with Crippen molar-refractivity contribution in [3.8, 4) is 0 Å². The Bertz CT molecular complexity index is 337. The normalized spacial score (nSPS) is 21.2. The third-order valence-electron chi connectivity index (χ3n) is 2.17. The first kappa shape index (κ1) is 9.55. The van der Waals surface area contributed by atoms with E-state index < -0.39 is 0 Å². The van der Waals surface area contributed by atoms with Crippen molar-refractivity contribution in [2.24, 2.45) is 0 Å². The van der Waals surface area contributed by atoms with Gasteiger partial charge in [-0.2, -0.15) is 0 Å². The summed E-state index contributed by atoms with van der Waals surface area (Å²) in [6.45, 7) is 1.29. The molecule has 2 rings (SSSR count). The molecular weight excluding hydrogens is 204 g/mol. The van der Waals surface area contributed by atoms with Crippen LogP contribution < -0.4 is 10.6 Å². The molecule has 0 bridgehead atoms. The average Bonchev–Trinajstić information content (AvgIpc) is 2.72. The van der Waals surface area contributed by atoms with Gasteiger partial charge in [-0.1, -0.05) is 0 Å². The van der Waals surface area contributed by atoms with Gasteiger partial charge in [-0.05, 0) is 23.7 Å². The fraction of sp³-hybridized carbons (Fsp3) is 0.444. The van der Waals surface area contributed by atoms with Gasteiger partial charge in [0.25, 0.3) is 0 Å². The minimum Gasteiger partial charge on any atom is -0.448 e. The molecule has 1 atom stereocenters. The second kappa shape index (κ2) is 4.02. The lowest BCUT2D eigenvalue weighted by Crippen LogP contribution is -2.30. The highest BCUT2D eigenvalue weighted by Crippen LogP contribution is 2.13. The Labute approximate surface area is 86.6 Å². The highest BCUT2D eigenvalue weighted by molar-refractivity contribution is 6.28. The van der Waals surface area contributed by atoms with E-state index in [1.807, 2.05) is 6.07 Å². The van der Waals surface area contributed by atoms with Crippen molar-refractivity contribution in [2.75, 3.05) is 6.54 Å². The first-order chi connectivity index (χ1) is 6.74. The van der Waals surface area contributed by atoms with E-state index >= 15 is 0 Å². The molecule has 1 fully saturated rings. The maximum atomic E-state index is 10.9. The molecule has 0 aromatic carbocycles. The van der Waals surface area contributed by atoms with Crippen molar-refractivity contribution in [3.63, 3.8) is 0 Å². The van der Waals surface area contributed by atoms with Gasteiger partial charge in [0.1, 0.15) is 5.76 Å². The number of hydrogen-bond acceptors (Lipinski definition) is 3. The molecule has 0 spiro atoms. The van der Waals surface area contributed by atoms with Gasteiger partial charge in [0.05, 0.1) is 6.54 Å². The molecule has 1 aliphatic rings. The van der Waals surface area contributed by atoms with Crippen LogP contribution in [-0.4, -0.2) is 18.5 Å². The summed E-state index contributed by atoms with van der Waals surface area (Å²) in [5.74, 6) is 0.884. The molecule has 2 N–H and O–H groups in total. The molecule has 1 aromatic heterocycles. The van der Waals surface area contributed by atoms with Crippen LogP contribution in [0, 0.1) is 0 Å². The van der Waals surface area contributed by atoms with E-state index in [2.05, 4.69) is 10.6 Å². The second-order valence-corrected chi connectivity index (χ2v) is 3.66. The van der Waals surface area contributed by atoms with Gasteiger partial charge in [-0.25, -0.2) is 0 Å². The monoisotopic (exact) mass is 214 g/mol. The minimum absolute atomic E-state index is 0.0972. The third kappa shape index (κ3) is 2.27. The van der Waals surface area contributed by atoms with Gasteiger partial charge in [0, 0.05) is 19.0 Å². The van der Waals surface area contributed by atoms with Crippen molar-refractivity contribution >= 4 is 17.5 Å². The smallest absolute Gasteiger partial charge is 0.221 e. The van der Waals surface area contributed by atoms with Crippen molar-refractivity contribution in [1.82, 2.24) is 10.6 Å². The van der Waals surface area contributed by atoms with E-state index in [1.54, 1.807) is 6.07 Å². The molecule has 0 aliphatic carbocycles. The first-order valence-electron chi connectivity index (χ1n) is 4.48. The quantitative estimate of drug-likeness (QED) is 0.787. The summed E-state index contributed by atoms with van der Waals surface area (Å²) in [4.78, 5) is 10.9. The Morgan fingerprint density at radius 2 is 2.50 bits per heavy atom. The summed E-state index contributed by atoms with van der Waals surface area (Å²) in [5, 5.41) is 6.35. The van der Waals surface area contributed by atoms with E-state index in [4.69, 9.17) is 16.0 Å². The van der Waals surface area contributed by atoms with Crippen molar-refractivity contribution in [1.29, 1.82) is 0 Å². The van der Waals surface area contributed by atoms with Crippen LogP contribution >= 0.6 is 11.6 Å². The topological polar surface area (TPSA) is 54.3 Å². The number of carbonyl (C=O) groups excluding carboxylic acids is 1. The molecule has 1 saturated heterocycles. The van der Waals surface area contributed by atoms with Gasteiger partial charge in [0.2, 0.25) is 5.91 Å². The Hall–Kier alpha value is -1.00. The Balaban J connectivity index is 1.80. The van der Waals surface area contributed by atoms with E-state index in [0.29, 0.717) is 24.7 Å². The molecular formula is C9H11ClN2O2. The van der Waals surface area contributed by atoms with Crippen LogP contribution in [0.5, 0.6) is 0 Å². The summed E-state index contributed by atoms with van der Waals surface area (Å²) < 4.78 is 5.17. The van der Waals surface area contributed by atoms with Crippen molar-refractivity contribution in [2.45, 2.75) is 19.0 Å². The van der Waals surface area contributed by atoms with Crippen molar-refractivity contribution in [3.05, 3.63) is 23.1 Å². The van der Waals surface area contributed by atoms with Crippen LogP contribution in [0.25, 0.3) is 0 Å². The lowest BCUT2D eigenvalue weighted by atomic mass is 10.2. The number of carbonyl (C=O) groups is 1. The van der Waals surface area contributed by atoms with Crippen LogP contribution in [0.1, 0.15) is 12.2 Å². The number of halogens is 1. The standard InChI is InChI=1S/C9H11ClN2O2/c10-8-2-1-7(14-8)5-11-6-3-9(13)12-4-6/h1-2,6,11H,3-5H2,(H,12,13). The highest BCUT2D eigenvalue weighted by Gasteiger charge is 2.20. The van der Waals surface area contributed by atoms with Gasteiger partial charge in [0.15, 0.2) is 5.22 Å². The maximum Gasteiger partial charge on any atom is 0.221 e. The zero-order valence-corrected chi connectivity index (χ0v) is 8.30. The van der Waals surface area contributed by atoms with Gasteiger partial charge < -0.3 is 15.1 Å². The minimum atomic E-state index is 0.0972. The van der Waals surface area contributed by atoms with E-state index in [0.717, 1.165) is 5.76 Å². The summed E-state index contributed by atoms with van der Waals surface area (Å²) >= 11 is 5.62. The van der Waals surface area contributed by atoms with Crippen LogP contribution in [0.2, 0.25) is 5.22 Å². The molecule has 1 unspecified atom stereocenters. The van der Waals surface area contributed by atoms with E-state index in [9.17, 15) is 4.79 Å². The third-order valence-corrected chi connectivity index (χ3v) is 2.37. The van der Waals surface area contributed by atoms with E-state index in [-0.39, 0.29) is 11.9 Å². The van der Waals surface area contributed by atoms with Crippen LogP contribution in [0.4, 0.5) is 0 Å². The van der Waals surface area contributed by atoms with Crippen LogP contribution in [0.3, 0.4) is 0 Å². The predicted octanol–water partition coefficient (Wildman–Crippen LogP) is 0.911. The molecule has 1 amide bonds. The summed E-state index contributed by atoms with van der Waals surface area (Å²) in [7, 11) is 0. The SMILES string of the molecule is O=C1CC(NCc2ccc(Cl)o2)CN1. The molecule has 1 aliphatic heterocycles. The molecule has 1 aromatic rings. The summed E-state index contributed by atoms with van der Waals surface area (Å²) in [5.41, 5.74) is 0. The molecule has 0 radical (unpaired) electrons. The summed E-state index contributed by atoms with van der Waals surface area (Å²) in [6, 6.07) is 3.72. The maximum absolute atomic E-state index is 10.9. The van der Waals surface area contributed by atoms with Gasteiger partial charge in [-0.15, -0.1) is 0 Å². The number of rotatable bonds is 3. The molecule has 4 nitrogen and oxygen atoms in total. The number of nitrogens with one attached hydrogen (secondary N) is 2. The Morgan fingerprint density at radius 3 is 3.07 bits per heavy atom. The average molecular weight is 215 g/mol. The number of hydrogen-bond donors (Lipinski definition) is 2. The van der Waals surface area contributed by atoms with Crippen LogP contribution in [-0.2, 0) is 11.3 Å². The van der Waals surface area contributed by atoms with Gasteiger partial charge >= 0.3 is 0 Å². The number of amides is 1.